The number of nitrogens with zero attached hydrogens (tertiary/aromatic N) is 3. The number of hydrogen-bond donors (Lipinski definition) is 3. The molecule has 3 fully saturated rings. The number of aliphatic hydroxyl groups excluding tert-OH is 1. The van der Waals surface area contributed by atoms with Crippen LogP contribution < -0.4 is 15.5 Å². The van der Waals surface area contributed by atoms with Crippen molar-refractivity contribution in [3.05, 3.63) is 60.2 Å². The monoisotopic (exact) mass is 449 g/mol. The molecule has 3 aliphatic rings. The lowest BCUT2D eigenvalue weighted by molar-refractivity contribution is -0.181. The number of piperazine rings is 1. The van der Waals surface area contributed by atoms with Crippen LogP contribution in [0.5, 0.6) is 0 Å². The van der Waals surface area contributed by atoms with Crippen molar-refractivity contribution < 1.29 is 19.4 Å². The van der Waals surface area contributed by atoms with Gasteiger partial charge in [0.1, 0.15) is 6.10 Å². The van der Waals surface area contributed by atoms with Gasteiger partial charge in [-0.05, 0) is 30.3 Å². The van der Waals surface area contributed by atoms with Crippen LogP contribution in [0.15, 0.2) is 54.6 Å². The number of benzene rings is 2. The number of para-hydroxylation sites is 1. The van der Waals surface area contributed by atoms with Crippen LogP contribution in [0.1, 0.15) is 5.56 Å². The smallest absolute Gasteiger partial charge is 0.319 e. The Morgan fingerprint density at radius 3 is 2.64 bits per heavy atom. The Labute approximate surface area is 192 Å². The van der Waals surface area contributed by atoms with E-state index in [1.807, 2.05) is 24.3 Å². The number of urea groups is 1. The fourth-order valence-electron chi connectivity index (χ4n) is 4.87. The third-order valence-electron chi connectivity index (χ3n) is 6.54. The maximum atomic E-state index is 12.7. The topological polar surface area (TPSA) is 110 Å². The summed E-state index contributed by atoms with van der Waals surface area (Å²) in [6.45, 7) is 3.49. The molecule has 33 heavy (non-hydrogen) atoms. The van der Waals surface area contributed by atoms with E-state index < -0.39 is 30.6 Å². The van der Waals surface area contributed by atoms with Gasteiger partial charge in [-0.2, -0.15) is 5.26 Å². The molecule has 0 unspecified atom stereocenters. The normalized spacial score (nSPS) is 29.3. The summed E-state index contributed by atoms with van der Waals surface area (Å²) in [7, 11) is 0. The molecule has 0 saturated carbocycles. The fraction of sp³-hybridized carbons (Fsp3) is 0.417. The number of amides is 2. The molecule has 172 valence electrons. The number of aliphatic hydroxyl groups is 1. The van der Waals surface area contributed by atoms with Crippen molar-refractivity contribution >= 4 is 17.4 Å². The van der Waals surface area contributed by atoms with Crippen LogP contribution in [0.25, 0.3) is 0 Å². The second kappa shape index (κ2) is 9.37. The number of rotatable bonds is 4. The molecule has 5 rings (SSSR count). The van der Waals surface area contributed by atoms with Gasteiger partial charge in [0.25, 0.3) is 0 Å². The van der Waals surface area contributed by atoms with Crippen molar-refractivity contribution in [3.63, 3.8) is 0 Å². The first-order chi connectivity index (χ1) is 16.1. The van der Waals surface area contributed by atoms with Gasteiger partial charge < -0.3 is 30.1 Å². The molecule has 2 amide bonds. The number of ether oxygens (including phenoxy) is 2. The van der Waals surface area contributed by atoms with Crippen LogP contribution >= 0.6 is 0 Å². The van der Waals surface area contributed by atoms with Crippen LogP contribution in [-0.2, 0) is 9.47 Å². The molecule has 3 N–H and O–H groups in total. The van der Waals surface area contributed by atoms with Crippen molar-refractivity contribution in [2.75, 3.05) is 43.0 Å². The molecule has 0 aliphatic carbocycles. The van der Waals surface area contributed by atoms with Gasteiger partial charge in [0.15, 0.2) is 6.29 Å². The van der Waals surface area contributed by atoms with Gasteiger partial charge in [0.05, 0.1) is 36.4 Å². The highest BCUT2D eigenvalue weighted by molar-refractivity contribution is 5.89. The van der Waals surface area contributed by atoms with Crippen LogP contribution in [0.4, 0.5) is 16.2 Å². The Kier molecular flexibility index (Phi) is 6.15. The summed E-state index contributed by atoms with van der Waals surface area (Å²) < 4.78 is 11.9. The van der Waals surface area contributed by atoms with Gasteiger partial charge in [-0.1, -0.05) is 24.3 Å². The second-order valence-electron chi connectivity index (χ2n) is 8.53. The van der Waals surface area contributed by atoms with E-state index in [2.05, 4.69) is 32.6 Å². The summed E-state index contributed by atoms with van der Waals surface area (Å²) in [5, 5.41) is 25.9. The lowest BCUT2D eigenvalue weighted by Gasteiger charge is -2.47. The molecule has 2 aromatic carbocycles. The number of hydrogen-bond acceptors (Lipinski definition) is 7. The van der Waals surface area contributed by atoms with Crippen LogP contribution in [-0.4, -0.2) is 79.4 Å². The summed E-state index contributed by atoms with van der Waals surface area (Å²) in [5.41, 5.74) is 2.15. The van der Waals surface area contributed by atoms with Gasteiger partial charge in [0.2, 0.25) is 0 Å². The zero-order valence-corrected chi connectivity index (χ0v) is 18.1. The molecule has 9 nitrogen and oxygen atoms in total. The van der Waals surface area contributed by atoms with Crippen molar-refractivity contribution in [1.29, 1.82) is 5.26 Å². The van der Waals surface area contributed by atoms with E-state index in [1.54, 1.807) is 24.3 Å². The number of nitriles is 1. The summed E-state index contributed by atoms with van der Waals surface area (Å²) in [4.78, 5) is 17.2. The molecular formula is C24H27N5O4. The zero-order valence-electron chi connectivity index (χ0n) is 18.1. The molecule has 3 heterocycles. The zero-order chi connectivity index (χ0) is 22.8. The first-order valence-corrected chi connectivity index (χ1v) is 11.2. The second-order valence-corrected chi connectivity index (χ2v) is 8.53. The molecule has 2 aromatic rings. The van der Waals surface area contributed by atoms with Crippen LogP contribution in [0, 0.1) is 11.3 Å². The van der Waals surface area contributed by atoms with Gasteiger partial charge in [0, 0.05) is 37.6 Å². The molecule has 9 heteroatoms. The van der Waals surface area contributed by atoms with Crippen LogP contribution in [0.2, 0.25) is 0 Å². The number of anilines is 2. The summed E-state index contributed by atoms with van der Waals surface area (Å²) in [5.74, 6) is 0. The minimum Gasteiger partial charge on any atom is -0.389 e. The first-order valence-electron chi connectivity index (χ1n) is 11.2. The predicted molar refractivity (Wildman–Crippen MR) is 122 cm³/mol. The van der Waals surface area contributed by atoms with Crippen molar-refractivity contribution in [3.8, 4) is 6.07 Å². The average molecular weight is 450 g/mol. The van der Waals surface area contributed by atoms with Gasteiger partial charge in [-0.3, -0.25) is 4.90 Å². The Hall–Kier alpha value is -3.16. The maximum absolute atomic E-state index is 12.7. The first kappa shape index (κ1) is 21.7. The Bertz CT molecular complexity index is 1020. The van der Waals surface area contributed by atoms with Crippen molar-refractivity contribution in [1.82, 2.24) is 10.2 Å². The predicted octanol–water partition coefficient (Wildman–Crippen LogP) is 1.36. The molecule has 0 radical (unpaired) electrons. The fourth-order valence-corrected chi connectivity index (χ4v) is 4.87. The third kappa shape index (κ3) is 4.51. The highest BCUT2D eigenvalue weighted by Gasteiger charge is 2.52. The summed E-state index contributed by atoms with van der Waals surface area (Å²) in [6.07, 6.45) is -1.76. The van der Waals surface area contributed by atoms with Gasteiger partial charge >= 0.3 is 6.03 Å². The van der Waals surface area contributed by atoms with Crippen LogP contribution in [0.3, 0.4) is 0 Å². The minimum absolute atomic E-state index is 0.317. The van der Waals surface area contributed by atoms with Gasteiger partial charge in [-0.25, -0.2) is 4.79 Å². The number of carbonyl (C=O) groups excluding carboxylic acids is 1. The summed E-state index contributed by atoms with van der Waals surface area (Å²) in [6, 6.07) is 17.6. The molecule has 0 aromatic heterocycles. The number of carbonyl (C=O) groups is 1. The highest BCUT2D eigenvalue weighted by Crippen LogP contribution is 2.32. The Morgan fingerprint density at radius 2 is 1.88 bits per heavy atom. The van der Waals surface area contributed by atoms with E-state index in [-0.39, 0.29) is 6.04 Å². The third-order valence-corrected chi connectivity index (χ3v) is 6.54. The molecule has 5 atom stereocenters. The Balaban J connectivity index is 1.23. The SMILES string of the molecule is N#Cc1cccc(NC(=O)N[C@H]2[C@H](O)[C@@H](N3CCN(c4ccccc4)CC3)[C@@H]3OC[C@H]2O3)c1. The average Bonchev–Trinajstić information content (AvgIpc) is 3.28. The Morgan fingerprint density at radius 1 is 1.09 bits per heavy atom. The highest BCUT2D eigenvalue weighted by atomic mass is 16.7. The quantitative estimate of drug-likeness (QED) is 0.646. The molecular weight excluding hydrogens is 422 g/mol. The van der Waals surface area contributed by atoms with E-state index in [0.717, 1.165) is 26.2 Å². The lowest BCUT2D eigenvalue weighted by Crippen LogP contribution is -2.67. The lowest BCUT2D eigenvalue weighted by atomic mass is 9.94. The maximum Gasteiger partial charge on any atom is 0.319 e. The van der Waals surface area contributed by atoms with E-state index in [9.17, 15) is 9.90 Å². The van der Waals surface area contributed by atoms with Crippen molar-refractivity contribution in [2.24, 2.45) is 0 Å². The molecule has 3 saturated heterocycles. The van der Waals surface area contributed by atoms with E-state index in [1.165, 1.54) is 5.69 Å². The van der Waals surface area contributed by atoms with E-state index >= 15 is 0 Å². The molecule has 2 bridgehead atoms. The largest absolute Gasteiger partial charge is 0.389 e. The van der Waals surface area contributed by atoms with Crippen molar-refractivity contribution in [2.45, 2.75) is 30.6 Å². The van der Waals surface area contributed by atoms with Gasteiger partial charge in [-0.15, -0.1) is 0 Å². The van der Waals surface area contributed by atoms with E-state index in [0.29, 0.717) is 17.9 Å². The number of fused-ring (bicyclic) bond motifs is 2. The van der Waals surface area contributed by atoms with E-state index in [4.69, 9.17) is 14.7 Å². The molecule has 0 spiro atoms. The minimum atomic E-state index is -0.837. The standard InChI is InChI=1S/C24H27N5O4/c25-14-16-5-4-6-17(13-16)26-24(31)27-20-19-15-32-23(33-19)21(22(20)30)29-11-9-28(10-12-29)18-7-2-1-3-8-18/h1-8,13,19-23,30H,9-12,15H2,(H2,26,27,31)/t19-,20-,21-,22+,23-/m1/s1. The summed E-state index contributed by atoms with van der Waals surface area (Å²) >= 11 is 0. The molecule has 3 aliphatic heterocycles. The number of nitrogens with one attached hydrogen (secondary N) is 2.